The highest BCUT2D eigenvalue weighted by Crippen LogP contribution is 2.22. The largest absolute Gasteiger partial charge is 0.497 e. The Hall–Kier alpha value is -2.40. The van der Waals surface area contributed by atoms with Gasteiger partial charge in [0.25, 0.3) is 0 Å². The first-order valence-corrected chi connectivity index (χ1v) is 6.21. The highest BCUT2D eigenvalue weighted by atomic mass is 16.5. The molecule has 0 saturated heterocycles. The van der Waals surface area contributed by atoms with E-state index < -0.39 is 0 Å². The molecule has 0 aliphatic carbocycles. The van der Waals surface area contributed by atoms with Crippen molar-refractivity contribution in [3.8, 4) is 11.5 Å². The molecule has 0 amide bonds. The second kappa shape index (κ2) is 7.25. The first-order valence-electron chi connectivity index (χ1n) is 6.21. The summed E-state index contributed by atoms with van der Waals surface area (Å²) in [6, 6.07) is 14.5. The summed E-state index contributed by atoms with van der Waals surface area (Å²) >= 11 is 0. The molecule has 104 valence electrons. The van der Waals surface area contributed by atoms with E-state index in [4.69, 9.17) is 14.6 Å². The summed E-state index contributed by atoms with van der Waals surface area (Å²) in [6.07, 6.45) is 0. The van der Waals surface area contributed by atoms with Gasteiger partial charge in [0.05, 0.1) is 25.1 Å². The zero-order valence-electron chi connectivity index (χ0n) is 11.2. The van der Waals surface area contributed by atoms with Crippen LogP contribution in [0.3, 0.4) is 0 Å². The Morgan fingerprint density at radius 1 is 0.850 bits per heavy atom. The Balaban J connectivity index is 1.99. The number of aliphatic hydroxyl groups is 1. The van der Waals surface area contributed by atoms with Crippen LogP contribution >= 0.6 is 0 Å². The van der Waals surface area contributed by atoms with Gasteiger partial charge in [-0.3, -0.25) is 0 Å². The van der Waals surface area contributed by atoms with E-state index in [-0.39, 0.29) is 13.2 Å². The molecular weight excluding hydrogens is 256 g/mol. The maximum atomic E-state index is 8.66. The van der Waals surface area contributed by atoms with Crippen molar-refractivity contribution in [3.63, 3.8) is 0 Å². The minimum Gasteiger partial charge on any atom is -0.497 e. The fourth-order valence-corrected chi connectivity index (χ4v) is 1.54. The average Bonchev–Trinajstić information content (AvgIpc) is 2.52. The van der Waals surface area contributed by atoms with Crippen molar-refractivity contribution >= 4 is 11.4 Å². The van der Waals surface area contributed by atoms with Crippen molar-refractivity contribution < 1.29 is 14.6 Å². The summed E-state index contributed by atoms with van der Waals surface area (Å²) in [4.78, 5) is 0. The molecule has 5 heteroatoms. The van der Waals surface area contributed by atoms with Gasteiger partial charge >= 0.3 is 0 Å². The van der Waals surface area contributed by atoms with Gasteiger partial charge in [-0.2, -0.15) is 10.2 Å². The zero-order chi connectivity index (χ0) is 14.2. The molecule has 0 bridgehead atoms. The van der Waals surface area contributed by atoms with Crippen LogP contribution in [0.15, 0.2) is 58.8 Å². The van der Waals surface area contributed by atoms with Crippen LogP contribution in [0.2, 0.25) is 0 Å². The third-order valence-electron chi connectivity index (χ3n) is 2.55. The van der Waals surface area contributed by atoms with E-state index in [9.17, 15) is 0 Å². The molecule has 0 unspecified atom stereocenters. The van der Waals surface area contributed by atoms with E-state index in [0.29, 0.717) is 5.75 Å². The number of azo groups is 1. The molecule has 20 heavy (non-hydrogen) atoms. The van der Waals surface area contributed by atoms with Gasteiger partial charge in [-0.15, -0.1) is 0 Å². The maximum Gasteiger partial charge on any atom is 0.119 e. The standard InChI is InChI=1S/C15H16N2O3/c1-19-14-6-2-12(3-7-14)16-17-13-4-8-15(9-5-13)20-11-10-18/h2-9,18H,10-11H2,1H3. The SMILES string of the molecule is COc1ccc(N=Nc2ccc(OCCO)cc2)cc1. The van der Waals surface area contributed by atoms with E-state index in [2.05, 4.69) is 10.2 Å². The van der Waals surface area contributed by atoms with E-state index in [1.165, 1.54) is 0 Å². The van der Waals surface area contributed by atoms with Gasteiger partial charge in [0.2, 0.25) is 0 Å². The Labute approximate surface area is 117 Å². The Kier molecular flexibility index (Phi) is 5.08. The van der Waals surface area contributed by atoms with Crippen LogP contribution in [0, 0.1) is 0 Å². The lowest BCUT2D eigenvalue weighted by Crippen LogP contribution is -2.00. The monoisotopic (exact) mass is 272 g/mol. The lowest BCUT2D eigenvalue weighted by molar-refractivity contribution is 0.201. The third kappa shape index (κ3) is 4.07. The number of aliphatic hydroxyl groups excluding tert-OH is 1. The first-order chi connectivity index (χ1) is 9.81. The fourth-order valence-electron chi connectivity index (χ4n) is 1.54. The van der Waals surface area contributed by atoms with Crippen LogP contribution in [-0.2, 0) is 0 Å². The number of hydrogen-bond donors (Lipinski definition) is 1. The molecule has 2 aromatic rings. The van der Waals surface area contributed by atoms with Crippen LogP contribution in [0.25, 0.3) is 0 Å². The van der Waals surface area contributed by atoms with E-state index >= 15 is 0 Å². The van der Waals surface area contributed by atoms with Crippen molar-refractivity contribution in [1.29, 1.82) is 0 Å². The van der Waals surface area contributed by atoms with Crippen LogP contribution < -0.4 is 9.47 Å². The summed E-state index contributed by atoms with van der Waals surface area (Å²) in [5.41, 5.74) is 1.49. The predicted octanol–water partition coefficient (Wildman–Crippen LogP) is 3.48. The molecule has 2 aromatic carbocycles. The van der Waals surface area contributed by atoms with Crippen LogP contribution in [-0.4, -0.2) is 25.4 Å². The van der Waals surface area contributed by atoms with Crippen LogP contribution in [0.1, 0.15) is 0 Å². The third-order valence-corrected chi connectivity index (χ3v) is 2.55. The van der Waals surface area contributed by atoms with Crippen molar-refractivity contribution in [2.75, 3.05) is 20.3 Å². The Morgan fingerprint density at radius 3 is 1.80 bits per heavy atom. The van der Waals surface area contributed by atoms with E-state index in [1.54, 1.807) is 31.4 Å². The topological polar surface area (TPSA) is 63.4 Å². The molecule has 0 spiro atoms. The molecular formula is C15H16N2O3. The lowest BCUT2D eigenvalue weighted by atomic mass is 10.3. The molecule has 0 saturated carbocycles. The number of benzene rings is 2. The van der Waals surface area contributed by atoms with E-state index in [0.717, 1.165) is 17.1 Å². The van der Waals surface area contributed by atoms with Crippen molar-refractivity contribution in [1.82, 2.24) is 0 Å². The van der Waals surface area contributed by atoms with E-state index in [1.807, 2.05) is 24.3 Å². The summed E-state index contributed by atoms with van der Waals surface area (Å²) in [7, 11) is 1.62. The number of methoxy groups -OCH3 is 1. The molecule has 0 aromatic heterocycles. The van der Waals surface area contributed by atoms with Gasteiger partial charge in [-0.05, 0) is 48.5 Å². The fraction of sp³-hybridized carbons (Fsp3) is 0.200. The molecule has 2 rings (SSSR count). The molecule has 5 nitrogen and oxygen atoms in total. The van der Waals surface area contributed by atoms with Gasteiger partial charge in [0.15, 0.2) is 0 Å². The summed E-state index contributed by atoms with van der Waals surface area (Å²) in [5.74, 6) is 1.48. The molecule has 0 aliphatic rings. The molecule has 0 radical (unpaired) electrons. The van der Waals surface area contributed by atoms with Gasteiger partial charge in [-0.1, -0.05) is 0 Å². The number of nitrogens with zero attached hydrogens (tertiary/aromatic N) is 2. The predicted molar refractivity (Wildman–Crippen MR) is 76.2 cm³/mol. The molecule has 0 fully saturated rings. The summed E-state index contributed by atoms with van der Waals surface area (Å²) < 4.78 is 10.3. The van der Waals surface area contributed by atoms with Crippen molar-refractivity contribution in [2.45, 2.75) is 0 Å². The molecule has 0 heterocycles. The highest BCUT2D eigenvalue weighted by Gasteiger charge is 1.95. The minimum absolute atomic E-state index is 0.00106. The number of hydrogen-bond acceptors (Lipinski definition) is 5. The Bertz CT molecular complexity index is 550. The minimum atomic E-state index is -0.00106. The molecule has 1 N–H and O–H groups in total. The van der Waals surface area contributed by atoms with Gasteiger partial charge in [-0.25, -0.2) is 0 Å². The van der Waals surface area contributed by atoms with Gasteiger partial charge in [0, 0.05) is 0 Å². The van der Waals surface area contributed by atoms with Crippen LogP contribution in [0.5, 0.6) is 11.5 Å². The van der Waals surface area contributed by atoms with Crippen molar-refractivity contribution in [3.05, 3.63) is 48.5 Å². The zero-order valence-corrected chi connectivity index (χ0v) is 11.2. The molecule has 0 atom stereocenters. The first kappa shape index (κ1) is 14.0. The average molecular weight is 272 g/mol. The quantitative estimate of drug-likeness (QED) is 0.819. The highest BCUT2D eigenvalue weighted by molar-refractivity contribution is 5.44. The molecule has 0 aliphatic heterocycles. The van der Waals surface area contributed by atoms with Crippen LogP contribution in [0.4, 0.5) is 11.4 Å². The maximum absolute atomic E-state index is 8.66. The Morgan fingerprint density at radius 2 is 1.35 bits per heavy atom. The van der Waals surface area contributed by atoms with Gasteiger partial charge in [0.1, 0.15) is 18.1 Å². The second-order valence-corrected chi connectivity index (χ2v) is 3.96. The second-order valence-electron chi connectivity index (χ2n) is 3.96. The smallest absolute Gasteiger partial charge is 0.119 e. The summed E-state index contributed by atoms with van der Waals surface area (Å²) in [6.45, 7) is 0.283. The van der Waals surface area contributed by atoms with Gasteiger partial charge < -0.3 is 14.6 Å². The number of rotatable bonds is 6. The van der Waals surface area contributed by atoms with Crippen molar-refractivity contribution in [2.24, 2.45) is 10.2 Å². The normalized spacial score (nSPS) is 10.7. The summed E-state index contributed by atoms with van der Waals surface area (Å²) in [5, 5.41) is 16.9. The lowest BCUT2D eigenvalue weighted by Gasteiger charge is -2.03. The number of ether oxygens (including phenoxy) is 2.